The second-order valence-electron chi connectivity index (χ2n) is 2.43. The molecule has 2 rings (SSSR count). The van der Waals surface area contributed by atoms with Crippen molar-refractivity contribution in [3.05, 3.63) is 16.6 Å². The molecule has 1 nitrogen and oxygen atoms in total. The number of hydrogen-bond donors (Lipinski definition) is 0. The molecule has 0 aromatic carbocycles. The third-order valence-electron chi connectivity index (χ3n) is 1.63. The Kier molecular flexibility index (Phi) is 1.09. The van der Waals surface area contributed by atoms with Crippen LogP contribution in [-0.2, 0) is 0 Å². The van der Waals surface area contributed by atoms with Gasteiger partial charge in [0.2, 0.25) is 0 Å². The molecule has 0 N–H and O–H groups in total. The largest absolute Gasteiger partial charge is 0.257 e. The van der Waals surface area contributed by atoms with Crippen molar-refractivity contribution in [2.24, 2.45) is 0 Å². The molecule has 1 aliphatic rings. The molecule has 1 aromatic rings. The molecule has 0 amide bonds. The second kappa shape index (κ2) is 1.75. The molecule has 1 unspecified atom stereocenters. The van der Waals surface area contributed by atoms with Gasteiger partial charge >= 0.3 is 0 Å². The summed E-state index contributed by atoms with van der Waals surface area (Å²) in [6.07, 6.45) is -0.0171. The van der Waals surface area contributed by atoms with Crippen molar-refractivity contribution < 1.29 is 8.78 Å². The van der Waals surface area contributed by atoms with Crippen LogP contribution in [0.1, 0.15) is 18.0 Å². The fraction of sp³-hybridized carbons (Fsp3) is 0.500. The number of hydrogen-bond acceptors (Lipinski definition) is 2. The first-order valence-electron chi connectivity index (χ1n) is 2.96. The summed E-state index contributed by atoms with van der Waals surface area (Å²) in [6, 6.07) is 0. The monoisotopic (exact) mass is 161 g/mol. The molecular weight excluding hydrogens is 156 g/mol. The Morgan fingerprint density at radius 1 is 1.70 bits per heavy atom. The van der Waals surface area contributed by atoms with Gasteiger partial charge in [-0.05, 0) is 0 Å². The maximum atomic E-state index is 12.3. The van der Waals surface area contributed by atoms with Crippen molar-refractivity contribution in [1.82, 2.24) is 4.98 Å². The molecule has 1 atom stereocenters. The summed E-state index contributed by atoms with van der Waals surface area (Å²) >= 11 is 1.36. The molecule has 1 fully saturated rings. The van der Waals surface area contributed by atoms with Gasteiger partial charge in [0, 0.05) is 11.8 Å². The number of halogens is 2. The van der Waals surface area contributed by atoms with Crippen LogP contribution in [0.2, 0.25) is 0 Å². The Labute approximate surface area is 60.7 Å². The third kappa shape index (κ3) is 0.831. The third-order valence-corrected chi connectivity index (χ3v) is 2.24. The normalized spacial score (nSPS) is 28.4. The Bertz CT molecular complexity index is 232. The molecule has 0 radical (unpaired) electrons. The quantitative estimate of drug-likeness (QED) is 0.615. The lowest BCUT2D eigenvalue weighted by molar-refractivity contribution is 0.111. The van der Waals surface area contributed by atoms with Crippen LogP contribution in [0.15, 0.2) is 10.9 Å². The van der Waals surface area contributed by atoms with E-state index in [2.05, 4.69) is 4.98 Å². The van der Waals surface area contributed by atoms with E-state index in [0.717, 1.165) is 0 Å². The summed E-state index contributed by atoms with van der Waals surface area (Å²) in [5, 5.41) is 1.69. The fourth-order valence-corrected chi connectivity index (χ4v) is 1.54. The predicted molar refractivity (Wildman–Crippen MR) is 34.4 cm³/mol. The van der Waals surface area contributed by atoms with Gasteiger partial charge in [0.15, 0.2) is 0 Å². The molecule has 1 saturated carbocycles. The standard InChI is InChI=1S/C6H5F2NS/c7-6(8)1-4(6)5-2-10-3-9-5/h2-4H,1H2. The molecular formula is C6H5F2NS. The fourth-order valence-electron chi connectivity index (χ4n) is 0.928. The van der Waals surface area contributed by atoms with E-state index >= 15 is 0 Å². The van der Waals surface area contributed by atoms with E-state index < -0.39 is 11.8 Å². The summed E-state index contributed by atoms with van der Waals surface area (Å²) in [5.41, 5.74) is 2.14. The van der Waals surface area contributed by atoms with Gasteiger partial charge in [0.05, 0.1) is 17.1 Å². The highest BCUT2D eigenvalue weighted by Crippen LogP contribution is 2.55. The molecule has 10 heavy (non-hydrogen) atoms. The SMILES string of the molecule is FC1(F)CC1c1cscn1. The number of rotatable bonds is 1. The van der Waals surface area contributed by atoms with Crippen LogP contribution < -0.4 is 0 Å². The van der Waals surface area contributed by atoms with Crippen molar-refractivity contribution in [3.8, 4) is 0 Å². The van der Waals surface area contributed by atoms with Crippen LogP contribution in [0.3, 0.4) is 0 Å². The first-order valence-corrected chi connectivity index (χ1v) is 3.90. The first kappa shape index (κ1) is 6.22. The lowest BCUT2D eigenvalue weighted by atomic mass is 10.3. The predicted octanol–water partition coefficient (Wildman–Crippen LogP) is 2.27. The topological polar surface area (TPSA) is 12.9 Å². The van der Waals surface area contributed by atoms with E-state index in [1.807, 2.05) is 0 Å². The van der Waals surface area contributed by atoms with Gasteiger partial charge in [0.1, 0.15) is 0 Å². The number of aromatic nitrogens is 1. The van der Waals surface area contributed by atoms with Gasteiger partial charge in [-0.2, -0.15) is 0 Å². The minimum Gasteiger partial charge on any atom is -0.249 e. The van der Waals surface area contributed by atoms with Crippen molar-refractivity contribution in [3.63, 3.8) is 0 Å². The van der Waals surface area contributed by atoms with Crippen LogP contribution in [0.4, 0.5) is 8.78 Å². The number of alkyl halides is 2. The zero-order valence-electron chi connectivity index (χ0n) is 5.05. The molecule has 1 aliphatic carbocycles. The molecule has 0 aliphatic heterocycles. The minimum absolute atomic E-state index is 0.0171. The zero-order chi connectivity index (χ0) is 7.19. The molecule has 1 heterocycles. The van der Waals surface area contributed by atoms with Crippen molar-refractivity contribution in [2.45, 2.75) is 18.3 Å². The Morgan fingerprint density at radius 3 is 2.80 bits per heavy atom. The van der Waals surface area contributed by atoms with Crippen molar-refractivity contribution >= 4 is 11.3 Å². The molecule has 0 saturated heterocycles. The van der Waals surface area contributed by atoms with E-state index in [1.54, 1.807) is 10.9 Å². The smallest absolute Gasteiger partial charge is 0.249 e. The van der Waals surface area contributed by atoms with E-state index in [4.69, 9.17) is 0 Å². The number of thiazole rings is 1. The summed E-state index contributed by atoms with van der Waals surface area (Å²) in [7, 11) is 0. The van der Waals surface area contributed by atoms with Gasteiger partial charge in [-0.15, -0.1) is 11.3 Å². The molecule has 4 heteroatoms. The van der Waals surface area contributed by atoms with Gasteiger partial charge in [0.25, 0.3) is 5.92 Å². The molecule has 0 spiro atoms. The maximum absolute atomic E-state index is 12.3. The van der Waals surface area contributed by atoms with E-state index in [1.165, 1.54) is 11.3 Å². The van der Waals surface area contributed by atoms with Crippen molar-refractivity contribution in [1.29, 1.82) is 0 Å². The lowest BCUT2D eigenvalue weighted by Crippen LogP contribution is -1.92. The summed E-state index contributed by atoms with van der Waals surface area (Å²) < 4.78 is 24.6. The van der Waals surface area contributed by atoms with Gasteiger partial charge in [-0.25, -0.2) is 13.8 Å². The van der Waals surface area contributed by atoms with Gasteiger partial charge in [-0.1, -0.05) is 0 Å². The molecule has 0 bridgehead atoms. The highest BCUT2D eigenvalue weighted by molar-refractivity contribution is 7.07. The average Bonchev–Trinajstić information content (AvgIpc) is 2.31. The summed E-state index contributed by atoms with van der Waals surface area (Å²) in [6.45, 7) is 0. The zero-order valence-corrected chi connectivity index (χ0v) is 5.87. The van der Waals surface area contributed by atoms with Crippen LogP contribution in [0.25, 0.3) is 0 Å². The van der Waals surface area contributed by atoms with Crippen molar-refractivity contribution in [2.75, 3.05) is 0 Å². The first-order chi connectivity index (χ1) is 4.70. The Balaban J connectivity index is 2.19. The van der Waals surface area contributed by atoms with E-state index in [-0.39, 0.29) is 6.42 Å². The lowest BCUT2D eigenvalue weighted by Gasteiger charge is -1.89. The van der Waals surface area contributed by atoms with Crippen LogP contribution >= 0.6 is 11.3 Å². The number of nitrogens with zero attached hydrogens (tertiary/aromatic N) is 1. The Hall–Kier alpha value is -0.510. The van der Waals surface area contributed by atoms with Crippen LogP contribution in [0.5, 0.6) is 0 Å². The van der Waals surface area contributed by atoms with Gasteiger partial charge < -0.3 is 0 Å². The summed E-state index contributed by atoms with van der Waals surface area (Å²) in [4.78, 5) is 3.81. The van der Waals surface area contributed by atoms with Crippen LogP contribution in [-0.4, -0.2) is 10.9 Å². The molecule has 1 aromatic heterocycles. The maximum Gasteiger partial charge on any atom is 0.257 e. The van der Waals surface area contributed by atoms with E-state index in [9.17, 15) is 8.78 Å². The summed E-state index contributed by atoms with van der Waals surface area (Å²) in [5.74, 6) is -3.05. The average molecular weight is 161 g/mol. The van der Waals surface area contributed by atoms with Gasteiger partial charge in [-0.3, -0.25) is 0 Å². The molecule has 54 valence electrons. The second-order valence-corrected chi connectivity index (χ2v) is 3.15. The Morgan fingerprint density at radius 2 is 2.40 bits per heavy atom. The van der Waals surface area contributed by atoms with E-state index in [0.29, 0.717) is 5.69 Å². The highest BCUT2D eigenvalue weighted by atomic mass is 32.1. The highest BCUT2D eigenvalue weighted by Gasteiger charge is 2.58. The minimum atomic E-state index is -2.46. The van der Waals surface area contributed by atoms with Crippen LogP contribution in [0, 0.1) is 0 Å².